The number of amides is 1. The smallest absolute Gasteiger partial charge is 0.266 e. The van der Waals surface area contributed by atoms with Crippen LogP contribution in [0.15, 0.2) is 41.3 Å². The van der Waals surface area contributed by atoms with Crippen molar-refractivity contribution in [3.8, 4) is 5.69 Å². The maximum absolute atomic E-state index is 12.7. The van der Waals surface area contributed by atoms with Crippen molar-refractivity contribution < 1.29 is 13.2 Å². The number of aromatic nitrogens is 3. The zero-order chi connectivity index (χ0) is 20.6. The number of halogens is 2. The van der Waals surface area contributed by atoms with E-state index in [1.807, 2.05) is 4.72 Å². The zero-order valence-electron chi connectivity index (χ0n) is 15.2. The van der Waals surface area contributed by atoms with Crippen LogP contribution in [-0.2, 0) is 10.0 Å². The molecule has 0 spiro atoms. The van der Waals surface area contributed by atoms with E-state index in [0.717, 1.165) is 5.56 Å². The third kappa shape index (κ3) is 3.89. The average Bonchev–Trinajstić information content (AvgIpc) is 3.00. The zero-order valence-corrected chi connectivity index (χ0v) is 17.5. The SMILES string of the molecule is Cc1ccc(C)c(S(=O)(=O)NC(=O)c2nnn(-c3cc(Cl)ccc3Cl)c2C)c1. The first-order valence-corrected chi connectivity index (χ1v) is 10.4. The normalized spacial score (nSPS) is 11.5. The highest BCUT2D eigenvalue weighted by Crippen LogP contribution is 2.25. The van der Waals surface area contributed by atoms with Crippen molar-refractivity contribution in [2.75, 3.05) is 0 Å². The first-order valence-electron chi connectivity index (χ1n) is 8.12. The largest absolute Gasteiger partial charge is 0.287 e. The number of carbonyl (C=O) groups excluding carboxylic acids is 1. The molecule has 0 saturated carbocycles. The molecule has 0 fully saturated rings. The number of hydrogen-bond donors (Lipinski definition) is 1. The van der Waals surface area contributed by atoms with E-state index in [1.165, 1.54) is 10.7 Å². The van der Waals surface area contributed by atoms with Crippen molar-refractivity contribution in [2.24, 2.45) is 0 Å². The minimum absolute atomic E-state index is 0.0313. The van der Waals surface area contributed by atoms with Gasteiger partial charge in [0, 0.05) is 5.02 Å². The summed E-state index contributed by atoms with van der Waals surface area (Å²) in [5, 5.41) is 8.51. The minimum atomic E-state index is -4.07. The minimum Gasteiger partial charge on any atom is -0.266 e. The van der Waals surface area contributed by atoms with Gasteiger partial charge in [0.15, 0.2) is 5.69 Å². The van der Waals surface area contributed by atoms with Gasteiger partial charge in [-0.05, 0) is 56.2 Å². The summed E-state index contributed by atoms with van der Waals surface area (Å²) in [5.41, 5.74) is 1.89. The summed E-state index contributed by atoms with van der Waals surface area (Å²) in [6, 6.07) is 9.74. The molecular formula is C18H16Cl2N4O3S. The summed E-state index contributed by atoms with van der Waals surface area (Å²) in [6.07, 6.45) is 0. The molecule has 1 aromatic heterocycles. The third-order valence-electron chi connectivity index (χ3n) is 4.11. The number of aryl methyl sites for hydroxylation is 2. The van der Waals surface area contributed by atoms with Crippen molar-refractivity contribution in [1.82, 2.24) is 19.7 Å². The molecule has 0 atom stereocenters. The number of nitrogens with one attached hydrogen (secondary N) is 1. The van der Waals surface area contributed by atoms with Crippen LogP contribution in [0.5, 0.6) is 0 Å². The number of rotatable bonds is 4. The Kier molecular flexibility index (Phi) is 5.47. The van der Waals surface area contributed by atoms with Crippen LogP contribution in [0.2, 0.25) is 10.0 Å². The fourth-order valence-electron chi connectivity index (χ4n) is 2.64. The lowest BCUT2D eigenvalue weighted by molar-refractivity contribution is 0.0976. The van der Waals surface area contributed by atoms with Gasteiger partial charge in [0.05, 0.1) is 21.3 Å². The van der Waals surface area contributed by atoms with E-state index >= 15 is 0 Å². The van der Waals surface area contributed by atoms with E-state index in [9.17, 15) is 13.2 Å². The van der Waals surface area contributed by atoms with E-state index in [4.69, 9.17) is 23.2 Å². The maximum atomic E-state index is 12.7. The summed E-state index contributed by atoms with van der Waals surface area (Å²) in [6.45, 7) is 5.00. The third-order valence-corrected chi connectivity index (χ3v) is 6.13. The average molecular weight is 439 g/mol. The van der Waals surface area contributed by atoms with Crippen LogP contribution in [0, 0.1) is 20.8 Å². The Morgan fingerprint density at radius 2 is 1.79 bits per heavy atom. The van der Waals surface area contributed by atoms with Crippen LogP contribution in [0.3, 0.4) is 0 Å². The first-order chi connectivity index (χ1) is 13.1. The van der Waals surface area contributed by atoms with E-state index in [-0.39, 0.29) is 10.6 Å². The number of nitrogens with zero attached hydrogens (tertiary/aromatic N) is 3. The summed E-state index contributed by atoms with van der Waals surface area (Å²) in [4.78, 5) is 12.6. The Balaban J connectivity index is 1.95. The van der Waals surface area contributed by atoms with Gasteiger partial charge in [-0.25, -0.2) is 17.8 Å². The van der Waals surface area contributed by atoms with Crippen LogP contribution in [0.4, 0.5) is 0 Å². The van der Waals surface area contributed by atoms with Gasteiger partial charge in [0.2, 0.25) is 0 Å². The number of sulfonamides is 1. The molecule has 0 radical (unpaired) electrons. The molecule has 1 heterocycles. The second-order valence-electron chi connectivity index (χ2n) is 6.23. The van der Waals surface area contributed by atoms with Crippen LogP contribution in [0.25, 0.3) is 5.69 Å². The quantitative estimate of drug-likeness (QED) is 0.670. The predicted octanol–water partition coefficient (Wildman–Crippen LogP) is 3.62. The maximum Gasteiger partial charge on any atom is 0.287 e. The van der Waals surface area contributed by atoms with E-state index in [2.05, 4.69) is 10.3 Å². The number of hydrogen-bond acceptors (Lipinski definition) is 5. The van der Waals surface area contributed by atoms with Crippen LogP contribution < -0.4 is 4.72 Å². The van der Waals surface area contributed by atoms with Crippen molar-refractivity contribution in [3.63, 3.8) is 0 Å². The van der Waals surface area contributed by atoms with E-state index in [0.29, 0.717) is 27.0 Å². The Hall–Kier alpha value is -2.42. The summed E-state index contributed by atoms with van der Waals surface area (Å²) < 4.78 is 28.7. The van der Waals surface area contributed by atoms with Crippen molar-refractivity contribution in [1.29, 1.82) is 0 Å². The topological polar surface area (TPSA) is 93.9 Å². The molecule has 7 nitrogen and oxygen atoms in total. The molecule has 10 heteroatoms. The summed E-state index contributed by atoms with van der Waals surface area (Å²) in [7, 11) is -4.07. The molecular weight excluding hydrogens is 423 g/mol. The lowest BCUT2D eigenvalue weighted by atomic mass is 10.2. The fourth-order valence-corrected chi connectivity index (χ4v) is 4.29. The molecule has 1 amide bonds. The molecule has 0 aliphatic rings. The van der Waals surface area contributed by atoms with E-state index in [1.54, 1.807) is 51.1 Å². The summed E-state index contributed by atoms with van der Waals surface area (Å²) in [5.74, 6) is -0.886. The van der Waals surface area contributed by atoms with E-state index < -0.39 is 15.9 Å². The van der Waals surface area contributed by atoms with Gasteiger partial charge in [0.1, 0.15) is 0 Å². The second kappa shape index (κ2) is 7.54. The molecule has 1 N–H and O–H groups in total. The number of benzene rings is 2. The highest BCUT2D eigenvalue weighted by molar-refractivity contribution is 7.90. The molecule has 0 aliphatic carbocycles. The Bertz CT molecular complexity index is 1190. The molecule has 146 valence electrons. The van der Waals surface area contributed by atoms with Crippen molar-refractivity contribution >= 4 is 39.1 Å². The number of carbonyl (C=O) groups is 1. The van der Waals surface area contributed by atoms with Crippen LogP contribution in [-0.4, -0.2) is 29.3 Å². The molecule has 3 rings (SSSR count). The molecule has 28 heavy (non-hydrogen) atoms. The fraction of sp³-hybridized carbons (Fsp3) is 0.167. The lowest BCUT2D eigenvalue weighted by Crippen LogP contribution is -2.32. The van der Waals surface area contributed by atoms with Gasteiger partial charge in [0.25, 0.3) is 15.9 Å². The lowest BCUT2D eigenvalue weighted by Gasteiger charge is -2.10. The molecule has 0 aliphatic heterocycles. The van der Waals surface area contributed by atoms with Gasteiger partial charge >= 0.3 is 0 Å². The van der Waals surface area contributed by atoms with Gasteiger partial charge in [-0.2, -0.15) is 0 Å². The van der Waals surface area contributed by atoms with Gasteiger partial charge in [-0.1, -0.05) is 40.5 Å². The molecule has 3 aromatic rings. The Morgan fingerprint density at radius 3 is 2.50 bits per heavy atom. The Labute approximate surface area is 172 Å². The Morgan fingerprint density at radius 1 is 1.07 bits per heavy atom. The second-order valence-corrected chi connectivity index (χ2v) is 8.73. The predicted molar refractivity (Wildman–Crippen MR) is 107 cm³/mol. The molecule has 0 saturated heterocycles. The molecule has 0 bridgehead atoms. The van der Waals surface area contributed by atoms with Crippen LogP contribution in [0.1, 0.15) is 27.3 Å². The standard InChI is InChI=1S/C18H16Cl2N4O3S/c1-10-4-5-11(2)16(8-10)28(26,27)22-18(25)17-12(3)24(23-21-17)15-9-13(19)6-7-14(15)20/h4-9H,1-3H3,(H,22,25). The highest BCUT2D eigenvalue weighted by atomic mass is 35.5. The van der Waals surface area contributed by atoms with Gasteiger partial charge in [-0.3, -0.25) is 4.79 Å². The highest BCUT2D eigenvalue weighted by Gasteiger charge is 2.25. The van der Waals surface area contributed by atoms with Gasteiger partial charge < -0.3 is 0 Å². The van der Waals surface area contributed by atoms with Gasteiger partial charge in [-0.15, -0.1) is 5.10 Å². The molecule has 2 aromatic carbocycles. The first kappa shape index (κ1) is 20.3. The van der Waals surface area contributed by atoms with Crippen molar-refractivity contribution in [2.45, 2.75) is 25.7 Å². The molecule has 0 unspecified atom stereocenters. The monoisotopic (exact) mass is 438 g/mol. The van der Waals surface area contributed by atoms with Crippen LogP contribution >= 0.6 is 23.2 Å². The van der Waals surface area contributed by atoms with Crippen molar-refractivity contribution in [3.05, 3.63) is 69.0 Å². The summed E-state index contributed by atoms with van der Waals surface area (Å²) >= 11 is 12.2.